The van der Waals surface area contributed by atoms with Crippen molar-refractivity contribution in [1.82, 2.24) is 4.57 Å². The number of nitrogens with zero attached hydrogens (tertiary/aromatic N) is 2. The maximum absolute atomic E-state index is 2.47. The van der Waals surface area contributed by atoms with Crippen LogP contribution in [0.5, 0.6) is 0 Å². The number of rotatable bonds is 2. The highest BCUT2D eigenvalue weighted by Crippen LogP contribution is 2.46. The molecule has 2 nitrogen and oxygen atoms in total. The second-order valence-electron chi connectivity index (χ2n) is 9.47. The van der Waals surface area contributed by atoms with Gasteiger partial charge < -0.3 is 0 Å². The van der Waals surface area contributed by atoms with Crippen LogP contribution in [0.3, 0.4) is 0 Å². The van der Waals surface area contributed by atoms with E-state index in [1.807, 2.05) is 22.7 Å². The second kappa shape index (κ2) is 7.51. The van der Waals surface area contributed by atoms with Crippen LogP contribution in [0, 0.1) is 20.8 Å². The molecule has 0 radical (unpaired) electrons. The third-order valence-electron chi connectivity index (χ3n) is 7.25. The lowest BCUT2D eigenvalue weighted by molar-refractivity contribution is -0.633. The van der Waals surface area contributed by atoms with Gasteiger partial charge >= 0.3 is 0 Å². The molecule has 0 saturated heterocycles. The van der Waals surface area contributed by atoms with Gasteiger partial charge in [0.2, 0.25) is 0 Å². The predicted octanol–water partition coefficient (Wildman–Crippen LogP) is 8.63. The van der Waals surface area contributed by atoms with Gasteiger partial charge in [0.25, 0.3) is 5.82 Å². The van der Waals surface area contributed by atoms with Gasteiger partial charge in [0.1, 0.15) is 5.69 Å². The number of benzene rings is 4. The zero-order valence-electron chi connectivity index (χ0n) is 20.2. The molecule has 0 saturated carbocycles. The van der Waals surface area contributed by atoms with E-state index in [0.717, 1.165) is 0 Å². The zero-order chi connectivity index (χ0) is 23.8. The highest BCUT2D eigenvalue weighted by Gasteiger charge is 2.29. The number of hydrogen-bond acceptors (Lipinski definition) is 2. The Morgan fingerprint density at radius 3 is 2.17 bits per heavy atom. The van der Waals surface area contributed by atoms with Crippen molar-refractivity contribution in [1.29, 1.82) is 0 Å². The fraction of sp³-hybridized carbons (Fsp3) is 0.129. The molecule has 0 N–H and O–H groups in total. The molecule has 0 aliphatic heterocycles. The topological polar surface area (TPSA) is 8.81 Å². The Morgan fingerprint density at radius 1 is 0.657 bits per heavy atom. The van der Waals surface area contributed by atoms with Crippen LogP contribution < -0.4 is 4.57 Å². The second-order valence-corrected chi connectivity index (χ2v) is 11.6. The fourth-order valence-electron chi connectivity index (χ4n) is 5.60. The number of imidazole rings is 1. The summed E-state index contributed by atoms with van der Waals surface area (Å²) in [6, 6.07) is 29.0. The Balaban J connectivity index is 1.59. The minimum Gasteiger partial charge on any atom is -0.225 e. The minimum atomic E-state index is 1.23. The maximum atomic E-state index is 2.47. The summed E-state index contributed by atoms with van der Waals surface area (Å²) in [5, 5.41) is 2.76. The molecule has 0 atom stereocenters. The molecule has 0 aliphatic rings. The average Bonchev–Trinajstić information content (AvgIpc) is 3.48. The van der Waals surface area contributed by atoms with Gasteiger partial charge in [-0.1, -0.05) is 48.5 Å². The van der Waals surface area contributed by atoms with Crippen molar-refractivity contribution in [3.8, 4) is 17.1 Å². The third-order valence-corrected chi connectivity index (χ3v) is 9.77. The van der Waals surface area contributed by atoms with E-state index in [4.69, 9.17) is 0 Å². The van der Waals surface area contributed by atoms with Crippen molar-refractivity contribution in [2.45, 2.75) is 20.8 Å². The Bertz CT molecular complexity index is 1930. The fourth-order valence-corrected chi connectivity index (χ4v) is 8.27. The molecular weight excluding hydrogens is 464 g/mol. The number of thiophene rings is 2. The zero-order valence-corrected chi connectivity index (χ0v) is 21.8. The van der Waals surface area contributed by atoms with Crippen molar-refractivity contribution < 1.29 is 4.57 Å². The van der Waals surface area contributed by atoms with Gasteiger partial charge in [-0.3, -0.25) is 0 Å². The summed E-state index contributed by atoms with van der Waals surface area (Å²) in [4.78, 5) is 0. The van der Waals surface area contributed by atoms with Gasteiger partial charge in [-0.2, -0.15) is 4.57 Å². The van der Waals surface area contributed by atoms with E-state index in [0.29, 0.717) is 0 Å². The van der Waals surface area contributed by atoms with Gasteiger partial charge in [-0.05, 0) is 67.8 Å². The lowest BCUT2D eigenvalue weighted by Crippen LogP contribution is -2.30. The SMILES string of the molecule is Cc1cc2c(cc1-c1n(-c3c(C)cccc3C)c3ccccc3[n+]1C)sc1c3ccccc3sc21. The van der Waals surface area contributed by atoms with Crippen molar-refractivity contribution >= 4 is 63.3 Å². The number of aryl methyl sites for hydroxylation is 4. The number of hydrogen-bond donors (Lipinski definition) is 0. The average molecular weight is 490 g/mol. The van der Waals surface area contributed by atoms with E-state index in [2.05, 4.69) is 116 Å². The first-order valence-electron chi connectivity index (χ1n) is 11.9. The number of aromatic nitrogens is 2. The van der Waals surface area contributed by atoms with Gasteiger partial charge in [0, 0.05) is 20.2 Å². The Morgan fingerprint density at radius 2 is 1.34 bits per heavy atom. The van der Waals surface area contributed by atoms with E-state index >= 15 is 0 Å². The van der Waals surface area contributed by atoms with Crippen LogP contribution >= 0.6 is 22.7 Å². The molecule has 170 valence electrons. The minimum absolute atomic E-state index is 1.23. The molecule has 0 bridgehead atoms. The molecule has 4 aromatic carbocycles. The molecule has 0 fully saturated rings. The summed E-state index contributed by atoms with van der Waals surface area (Å²) in [5.41, 5.74) is 8.92. The molecule has 0 amide bonds. The molecule has 0 spiro atoms. The number of fused-ring (bicyclic) bond motifs is 6. The molecule has 0 unspecified atom stereocenters. The Hall–Kier alpha value is -3.47. The highest BCUT2D eigenvalue weighted by atomic mass is 32.1. The lowest BCUT2D eigenvalue weighted by atomic mass is 10.0. The van der Waals surface area contributed by atoms with E-state index in [1.54, 1.807) is 0 Å². The summed E-state index contributed by atoms with van der Waals surface area (Å²) in [6.45, 7) is 6.70. The molecule has 3 aromatic heterocycles. The van der Waals surface area contributed by atoms with Crippen molar-refractivity contribution in [2.75, 3.05) is 0 Å². The van der Waals surface area contributed by atoms with Crippen molar-refractivity contribution in [3.63, 3.8) is 0 Å². The van der Waals surface area contributed by atoms with E-state index in [-0.39, 0.29) is 0 Å². The van der Waals surface area contributed by atoms with Crippen LogP contribution in [0.25, 0.3) is 57.7 Å². The molecule has 0 aliphatic carbocycles. The molecule has 7 aromatic rings. The van der Waals surface area contributed by atoms with Crippen molar-refractivity contribution in [3.05, 3.63) is 95.6 Å². The largest absolute Gasteiger partial charge is 0.295 e. The molecule has 4 heteroatoms. The first-order valence-corrected chi connectivity index (χ1v) is 13.6. The van der Waals surface area contributed by atoms with Crippen LogP contribution in [-0.2, 0) is 7.05 Å². The lowest BCUT2D eigenvalue weighted by Gasteiger charge is -2.11. The first kappa shape index (κ1) is 20.9. The maximum Gasteiger partial charge on any atom is 0.295 e. The molecular formula is C31H25N2S2+. The highest BCUT2D eigenvalue weighted by molar-refractivity contribution is 7.36. The monoisotopic (exact) mass is 489 g/mol. The summed E-state index contributed by atoms with van der Waals surface area (Å²) in [6.07, 6.45) is 0. The molecule has 3 heterocycles. The molecule has 7 rings (SSSR count). The van der Waals surface area contributed by atoms with Gasteiger partial charge in [0.05, 0.1) is 22.0 Å². The van der Waals surface area contributed by atoms with E-state index in [1.165, 1.54) is 74.4 Å². The predicted molar refractivity (Wildman–Crippen MR) is 152 cm³/mol. The Labute approximate surface area is 212 Å². The van der Waals surface area contributed by atoms with Gasteiger partial charge in [-0.15, -0.1) is 22.7 Å². The standard InChI is InChI=1S/C31H25N2S2/c1-18-10-9-11-19(2)28(18)33-25-14-7-6-13-24(25)32(4)31(33)22-17-27-23(16-20(22)3)30-29(35-27)21-12-5-8-15-26(21)34-30/h5-17H,1-4H3/q+1. The van der Waals surface area contributed by atoms with E-state index < -0.39 is 0 Å². The Kier molecular flexibility index (Phi) is 4.48. The smallest absolute Gasteiger partial charge is 0.225 e. The van der Waals surface area contributed by atoms with Crippen LogP contribution in [0.15, 0.2) is 78.9 Å². The summed E-state index contributed by atoms with van der Waals surface area (Å²) < 4.78 is 10.4. The quantitative estimate of drug-likeness (QED) is 0.215. The van der Waals surface area contributed by atoms with Crippen LogP contribution in [0.2, 0.25) is 0 Å². The van der Waals surface area contributed by atoms with Gasteiger partial charge in [-0.25, -0.2) is 4.57 Å². The first-order chi connectivity index (χ1) is 17.0. The van der Waals surface area contributed by atoms with Gasteiger partial charge in [0.15, 0.2) is 11.0 Å². The summed E-state index contributed by atoms with van der Waals surface area (Å²) in [7, 11) is 2.20. The van der Waals surface area contributed by atoms with Crippen LogP contribution in [0.1, 0.15) is 16.7 Å². The normalized spacial score (nSPS) is 12.0. The van der Waals surface area contributed by atoms with Crippen molar-refractivity contribution in [2.24, 2.45) is 7.05 Å². The summed E-state index contributed by atoms with van der Waals surface area (Å²) in [5.74, 6) is 1.23. The number of para-hydroxylation sites is 3. The summed E-state index contributed by atoms with van der Waals surface area (Å²) >= 11 is 3.85. The van der Waals surface area contributed by atoms with Crippen LogP contribution in [-0.4, -0.2) is 4.57 Å². The van der Waals surface area contributed by atoms with Crippen LogP contribution in [0.4, 0.5) is 0 Å². The third kappa shape index (κ3) is 2.90. The molecule has 35 heavy (non-hydrogen) atoms. The van der Waals surface area contributed by atoms with E-state index in [9.17, 15) is 0 Å².